The fourth-order valence-corrected chi connectivity index (χ4v) is 2.07. The molecule has 1 N–H and O–H groups in total. The summed E-state index contributed by atoms with van der Waals surface area (Å²) < 4.78 is 10.6. The minimum Gasteiger partial charge on any atom is -0.452 e. The summed E-state index contributed by atoms with van der Waals surface area (Å²) in [5, 5.41) is 8.89. The fourth-order valence-electron chi connectivity index (χ4n) is 1.17. The largest absolute Gasteiger partial charge is 0.452 e. The maximum atomic E-state index is 8.89. The van der Waals surface area contributed by atoms with Crippen molar-refractivity contribution in [2.45, 2.75) is 19.3 Å². The Hall–Kier alpha value is -1.00. The maximum absolute atomic E-state index is 8.89. The second-order valence-corrected chi connectivity index (χ2v) is 4.05. The van der Waals surface area contributed by atoms with Gasteiger partial charge in [0.1, 0.15) is 12.5 Å². The summed E-state index contributed by atoms with van der Waals surface area (Å²) in [5.41, 5.74) is 0. The van der Waals surface area contributed by atoms with E-state index in [0.29, 0.717) is 0 Å². The van der Waals surface area contributed by atoms with Gasteiger partial charge in [-0.1, -0.05) is 0 Å². The van der Waals surface area contributed by atoms with Gasteiger partial charge in [0.15, 0.2) is 0 Å². The number of hydrogen-bond donors (Lipinski definition) is 1. The first-order valence-electron chi connectivity index (χ1n) is 3.95. The van der Waals surface area contributed by atoms with Crippen molar-refractivity contribution in [3.05, 3.63) is 34.4 Å². The van der Waals surface area contributed by atoms with Crippen LogP contribution in [-0.2, 0) is 21.9 Å². The quantitative estimate of drug-likeness (QED) is 0.789. The van der Waals surface area contributed by atoms with Gasteiger partial charge in [-0.05, 0) is 12.1 Å². The molecular weight excluding hydrogens is 188 g/mol. The third-order valence-corrected chi connectivity index (χ3v) is 3.16. The van der Waals surface area contributed by atoms with Crippen LogP contribution in [0.2, 0.25) is 0 Å². The molecule has 70 valence electrons. The summed E-state index contributed by atoms with van der Waals surface area (Å²) in [4.78, 5) is 1.87. The minimum atomic E-state index is -0.696. The van der Waals surface area contributed by atoms with Crippen molar-refractivity contribution < 1.29 is 14.6 Å². The summed E-state index contributed by atoms with van der Waals surface area (Å²) in [5.74, 6) is -0.696. The molecule has 0 spiro atoms. The van der Waals surface area contributed by atoms with Gasteiger partial charge >= 0.3 is 0 Å². The summed E-state index contributed by atoms with van der Waals surface area (Å²) >= 11 is 1.49. The zero-order valence-corrected chi connectivity index (χ0v) is 8.00. The molecule has 2 heterocycles. The van der Waals surface area contributed by atoms with E-state index in [4.69, 9.17) is 14.6 Å². The molecular formula is C9H10O3S. The summed E-state index contributed by atoms with van der Waals surface area (Å²) in [6.45, 7) is 1.91. The van der Waals surface area contributed by atoms with Crippen LogP contribution in [0.5, 0.6) is 0 Å². The summed E-state index contributed by atoms with van der Waals surface area (Å²) in [6, 6.07) is 3.78. The first-order valence-corrected chi connectivity index (χ1v) is 4.77. The van der Waals surface area contributed by atoms with E-state index in [1.54, 1.807) is 0 Å². The second kappa shape index (κ2) is 3.05. The molecule has 2 rings (SSSR count). The maximum Gasteiger partial charge on any atom is 0.283 e. The fraction of sp³-hybridized carbons (Fsp3) is 0.333. The zero-order valence-electron chi connectivity index (χ0n) is 7.19. The first-order chi connectivity index (χ1) is 6.24. The van der Waals surface area contributed by atoms with Crippen LogP contribution in [0.1, 0.15) is 16.7 Å². The van der Waals surface area contributed by atoms with E-state index in [2.05, 4.69) is 0 Å². The topological polar surface area (TPSA) is 38.7 Å². The predicted octanol–water partition coefficient (Wildman–Crippen LogP) is 1.93. The highest BCUT2D eigenvalue weighted by Crippen LogP contribution is 2.35. The molecule has 0 aliphatic carbocycles. The lowest BCUT2D eigenvalue weighted by Crippen LogP contribution is -2.20. The lowest BCUT2D eigenvalue weighted by molar-refractivity contribution is -0.130. The Bertz CT molecular complexity index is 321. The number of hydrogen-bond acceptors (Lipinski definition) is 4. The number of aliphatic hydroxyl groups is 1. The van der Waals surface area contributed by atoms with Crippen LogP contribution in [0.4, 0.5) is 0 Å². The van der Waals surface area contributed by atoms with Crippen LogP contribution in [-0.4, -0.2) is 5.11 Å². The molecule has 0 saturated carbocycles. The van der Waals surface area contributed by atoms with Crippen LogP contribution < -0.4 is 0 Å². The van der Waals surface area contributed by atoms with Crippen LogP contribution in [0.25, 0.3) is 0 Å². The Morgan fingerprint density at radius 1 is 1.38 bits per heavy atom. The zero-order chi connectivity index (χ0) is 9.31. The molecule has 3 nitrogen and oxygen atoms in total. The van der Waals surface area contributed by atoms with E-state index < -0.39 is 5.79 Å². The summed E-state index contributed by atoms with van der Waals surface area (Å²) in [7, 11) is 0. The standard InChI is InChI=1S/C9H10O3S/c1-9(11-4-5-12-9)8-3-2-7(6-10)13-8/h2-5,10H,6H2,1H3. The van der Waals surface area contributed by atoms with E-state index in [9.17, 15) is 0 Å². The molecule has 0 unspecified atom stereocenters. The Labute approximate surface area is 80.2 Å². The Morgan fingerprint density at radius 2 is 2.08 bits per heavy atom. The van der Waals surface area contributed by atoms with Crippen molar-refractivity contribution in [3.8, 4) is 0 Å². The average molecular weight is 198 g/mol. The van der Waals surface area contributed by atoms with E-state index in [1.807, 2.05) is 19.1 Å². The molecule has 1 aliphatic rings. The Balaban J connectivity index is 2.24. The predicted molar refractivity (Wildman–Crippen MR) is 48.9 cm³/mol. The normalized spacial score (nSPS) is 18.3. The molecule has 0 atom stereocenters. The summed E-state index contributed by atoms with van der Waals surface area (Å²) in [6.07, 6.45) is 3.05. The lowest BCUT2D eigenvalue weighted by atomic mass is 10.2. The molecule has 0 aromatic carbocycles. The van der Waals surface area contributed by atoms with Gasteiger partial charge in [-0.2, -0.15) is 0 Å². The van der Waals surface area contributed by atoms with Crippen molar-refractivity contribution in [2.75, 3.05) is 0 Å². The van der Waals surface area contributed by atoms with E-state index in [-0.39, 0.29) is 6.61 Å². The number of aliphatic hydroxyl groups excluding tert-OH is 1. The van der Waals surface area contributed by atoms with E-state index in [0.717, 1.165) is 9.75 Å². The highest BCUT2D eigenvalue weighted by Gasteiger charge is 2.33. The molecule has 1 aromatic rings. The van der Waals surface area contributed by atoms with Crippen molar-refractivity contribution >= 4 is 11.3 Å². The van der Waals surface area contributed by atoms with Gasteiger partial charge in [-0.15, -0.1) is 11.3 Å². The van der Waals surface area contributed by atoms with Gasteiger partial charge in [0, 0.05) is 11.8 Å². The van der Waals surface area contributed by atoms with Crippen LogP contribution in [0.3, 0.4) is 0 Å². The van der Waals surface area contributed by atoms with Crippen molar-refractivity contribution in [1.29, 1.82) is 0 Å². The van der Waals surface area contributed by atoms with Gasteiger partial charge in [0.25, 0.3) is 5.79 Å². The monoisotopic (exact) mass is 198 g/mol. The van der Waals surface area contributed by atoms with E-state index >= 15 is 0 Å². The van der Waals surface area contributed by atoms with Gasteiger partial charge in [-0.3, -0.25) is 0 Å². The molecule has 0 saturated heterocycles. The van der Waals surface area contributed by atoms with Gasteiger partial charge < -0.3 is 14.6 Å². The molecule has 0 bridgehead atoms. The van der Waals surface area contributed by atoms with Crippen molar-refractivity contribution in [3.63, 3.8) is 0 Å². The Kier molecular flexibility index (Phi) is 2.01. The number of ether oxygens (including phenoxy) is 2. The average Bonchev–Trinajstić information content (AvgIpc) is 2.72. The molecule has 4 heteroatoms. The van der Waals surface area contributed by atoms with Crippen molar-refractivity contribution in [1.82, 2.24) is 0 Å². The minimum absolute atomic E-state index is 0.0637. The highest BCUT2D eigenvalue weighted by molar-refractivity contribution is 7.12. The van der Waals surface area contributed by atoms with Gasteiger partial charge in [0.2, 0.25) is 0 Å². The molecule has 13 heavy (non-hydrogen) atoms. The highest BCUT2D eigenvalue weighted by atomic mass is 32.1. The smallest absolute Gasteiger partial charge is 0.283 e. The third kappa shape index (κ3) is 1.43. The van der Waals surface area contributed by atoms with Crippen LogP contribution in [0, 0.1) is 0 Å². The molecule has 0 amide bonds. The second-order valence-electron chi connectivity index (χ2n) is 2.88. The number of rotatable bonds is 2. The van der Waals surface area contributed by atoms with Crippen LogP contribution in [0.15, 0.2) is 24.7 Å². The van der Waals surface area contributed by atoms with Gasteiger partial charge in [-0.25, -0.2) is 0 Å². The van der Waals surface area contributed by atoms with E-state index in [1.165, 1.54) is 23.9 Å². The molecule has 0 fully saturated rings. The first kappa shape index (κ1) is 8.59. The lowest BCUT2D eigenvalue weighted by Gasteiger charge is -2.20. The van der Waals surface area contributed by atoms with Crippen molar-refractivity contribution in [2.24, 2.45) is 0 Å². The van der Waals surface area contributed by atoms with Gasteiger partial charge in [0.05, 0.1) is 11.5 Å². The molecule has 1 aliphatic heterocycles. The molecule has 0 radical (unpaired) electrons. The third-order valence-electron chi connectivity index (χ3n) is 1.91. The Morgan fingerprint density at radius 3 is 2.62 bits per heavy atom. The van der Waals surface area contributed by atoms with Crippen LogP contribution >= 0.6 is 11.3 Å². The molecule has 1 aromatic heterocycles. The SMILES string of the molecule is CC1(c2ccc(CO)s2)OC=CO1. The number of thiophene rings is 1.